The summed E-state index contributed by atoms with van der Waals surface area (Å²) in [7, 11) is 0. The highest BCUT2D eigenvalue weighted by Crippen LogP contribution is 2.31. The molecule has 1 saturated carbocycles. The molecule has 1 aliphatic carbocycles. The summed E-state index contributed by atoms with van der Waals surface area (Å²) in [6.45, 7) is -0.312. The van der Waals surface area contributed by atoms with Gasteiger partial charge in [0.1, 0.15) is 24.2 Å². The Morgan fingerprint density at radius 1 is 1.15 bits per heavy atom. The summed E-state index contributed by atoms with van der Waals surface area (Å²) in [4.78, 5) is 49.9. The Bertz CT molecular complexity index is 1200. The largest absolute Gasteiger partial charge is 0.490 e. The van der Waals surface area contributed by atoms with Crippen molar-refractivity contribution in [2.45, 2.75) is 51.0 Å². The van der Waals surface area contributed by atoms with E-state index in [-0.39, 0.29) is 43.2 Å². The first kappa shape index (κ1) is 21.9. The van der Waals surface area contributed by atoms with E-state index in [1.54, 1.807) is 24.3 Å². The highest BCUT2D eigenvalue weighted by Gasteiger charge is 2.40. The molecule has 3 aliphatic rings. The van der Waals surface area contributed by atoms with Crippen LogP contribution in [0.25, 0.3) is 0 Å². The minimum absolute atomic E-state index is 0.0623. The van der Waals surface area contributed by atoms with Crippen LogP contribution in [0.4, 0.5) is 14.9 Å². The summed E-state index contributed by atoms with van der Waals surface area (Å²) >= 11 is 0. The zero-order valence-electron chi connectivity index (χ0n) is 18.1. The third-order valence-corrected chi connectivity index (χ3v) is 5.94. The first-order valence-corrected chi connectivity index (χ1v) is 11.0. The first-order chi connectivity index (χ1) is 16.4. The fraction of sp³-hybridized carbons (Fsp3) is 0.333. The van der Waals surface area contributed by atoms with Crippen LogP contribution < -0.4 is 15.4 Å². The van der Waals surface area contributed by atoms with Crippen molar-refractivity contribution in [1.82, 2.24) is 10.2 Å². The number of carbonyl (C=O) groups excluding carboxylic acids is 4. The van der Waals surface area contributed by atoms with E-state index in [0.29, 0.717) is 17.0 Å². The number of anilines is 1. The number of hydrogen-bond donors (Lipinski definition) is 2. The zero-order valence-corrected chi connectivity index (χ0v) is 18.1. The van der Waals surface area contributed by atoms with Crippen molar-refractivity contribution in [3.8, 4) is 5.75 Å². The summed E-state index contributed by atoms with van der Waals surface area (Å²) in [6.07, 6.45) is 1.83. The molecule has 2 aromatic rings. The third kappa shape index (κ3) is 4.57. The summed E-state index contributed by atoms with van der Waals surface area (Å²) in [5, 5.41) is 4.81. The Balaban J connectivity index is 1.22. The molecule has 2 N–H and O–H groups in total. The van der Waals surface area contributed by atoms with Gasteiger partial charge >= 0.3 is 6.09 Å². The molecule has 9 nitrogen and oxygen atoms in total. The quantitative estimate of drug-likeness (QED) is 0.632. The average molecular weight is 467 g/mol. The average Bonchev–Trinajstić information content (AvgIpc) is 3.55. The topological polar surface area (TPSA) is 114 Å². The van der Waals surface area contributed by atoms with Crippen LogP contribution >= 0.6 is 0 Å². The second-order valence-corrected chi connectivity index (χ2v) is 8.55. The molecule has 0 spiro atoms. The lowest BCUT2D eigenvalue weighted by Crippen LogP contribution is -2.52. The molecule has 0 aromatic heterocycles. The van der Waals surface area contributed by atoms with Crippen molar-refractivity contribution in [2.75, 3.05) is 5.32 Å². The molecule has 34 heavy (non-hydrogen) atoms. The number of nitrogens with one attached hydrogen (secondary N) is 2. The Labute approximate surface area is 194 Å². The molecule has 5 rings (SSSR count). The van der Waals surface area contributed by atoms with Crippen molar-refractivity contribution in [3.63, 3.8) is 0 Å². The normalized spacial score (nSPS) is 19.5. The molecule has 10 heteroatoms. The lowest BCUT2D eigenvalue weighted by atomic mass is 10.0. The van der Waals surface area contributed by atoms with Gasteiger partial charge in [0.2, 0.25) is 11.8 Å². The summed E-state index contributed by atoms with van der Waals surface area (Å²) in [5.74, 6) is -1.42. The number of piperidine rings is 1. The smallest absolute Gasteiger partial charge is 0.411 e. The maximum Gasteiger partial charge on any atom is 0.411 e. The molecule has 0 bridgehead atoms. The lowest BCUT2D eigenvalue weighted by molar-refractivity contribution is -0.136. The second kappa shape index (κ2) is 8.77. The predicted molar refractivity (Wildman–Crippen MR) is 116 cm³/mol. The predicted octanol–water partition coefficient (Wildman–Crippen LogP) is 2.88. The molecule has 2 aliphatic heterocycles. The van der Waals surface area contributed by atoms with Crippen LogP contribution in [0.1, 0.15) is 47.2 Å². The molecule has 2 heterocycles. The summed E-state index contributed by atoms with van der Waals surface area (Å²) in [6, 6.07) is 8.78. The number of nitrogens with zero attached hydrogens (tertiary/aromatic N) is 1. The molecule has 176 valence electrons. The number of hydrogen-bond acceptors (Lipinski definition) is 6. The van der Waals surface area contributed by atoms with Crippen LogP contribution in [-0.2, 0) is 27.5 Å². The van der Waals surface area contributed by atoms with Gasteiger partial charge in [-0.25, -0.2) is 9.18 Å². The number of amides is 4. The first-order valence-electron chi connectivity index (χ1n) is 11.0. The maximum atomic E-state index is 14.7. The second-order valence-electron chi connectivity index (χ2n) is 8.55. The zero-order chi connectivity index (χ0) is 23.8. The Hall–Kier alpha value is -3.95. The van der Waals surface area contributed by atoms with Crippen molar-refractivity contribution in [3.05, 3.63) is 58.9 Å². The van der Waals surface area contributed by atoms with Crippen LogP contribution in [0.5, 0.6) is 5.75 Å². The number of imide groups is 1. The molecular weight excluding hydrogens is 445 g/mol. The molecule has 1 unspecified atom stereocenters. The van der Waals surface area contributed by atoms with E-state index in [2.05, 4.69) is 10.6 Å². The van der Waals surface area contributed by atoms with E-state index < -0.39 is 35.7 Å². The number of benzene rings is 2. The van der Waals surface area contributed by atoms with Crippen molar-refractivity contribution in [1.29, 1.82) is 0 Å². The number of fused-ring (bicyclic) bond motifs is 1. The molecule has 4 amide bonds. The van der Waals surface area contributed by atoms with E-state index in [9.17, 15) is 23.6 Å². The van der Waals surface area contributed by atoms with E-state index in [1.807, 2.05) is 0 Å². The van der Waals surface area contributed by atoms with Crippen LogP contribution in [0.15, 0.2) is 36.4 Å². The van der Waals surface area contributed by atoms with Gasteiger partial charge in [0.05, 0.1) is 12.6 Å². The van der Waals surface area contributed by atoms with Gasteiger partial charge in [0.25, 0.3) is 5.91 Å². The van der Waals surface area contributed by atoms with Crippen LogP contribution in [0, 0.1) is 5.82 Å². The molecule has 0 radical (unpaired) electrons. The summed E-state index contributed by atoms with van der Waals surface area (Å²) in [5.41, 5.74) is 1.10. The van der Waals surface area contributed by atoms with Crippen molar-refractivity contribution < 1.29 is 33.0 Å². The lowest BCUT2D eigenvalue weighted by Gasteiger charge is -2.29. The van der Waals surface area contributed by atoms with Gasteiger partial charge in [0.15, 0.2) is 0 Å². The monoisotopic (exact) mass is 467 g/mol. The van der Waals surface area contributed by atoms with Crippen LogP contribution in [0.2, 0.25) is 0 Å². The van der Waals surface area contributed by atoms with Crippen LogP contribution in [-0.4, -0.2) is 40.9 Å². The number of rotatable bonds is 6. The van der Waals surface area contributed by atoms with Gasteiger partial charge in [-0.3, -0.25) is 25.0 Å². The van der Waals surface area contributed by atoms with E-state index in [4.69, 9.17) is 9.47 Å². The Morgan fingerprint density at radius 2 is 1.97 bits per heavy atom. The number of ether oxygens (including phenoxy) is 2. The fourth-order valence-corrected chi connectivity index (χ4v) is 4.08. The van der Waals surface area contributed by atoms with Gasteiger partial charge in [-0.2, -0.15) is 0 Å². The Morgan fingerprint density at radius 3 is 2.74 bits per heavy atom. The van der Waals surface area contributed by atoms with Gasteiger partial charge in [-0.15, -0.1) is 0 Å². The van der Waals surface area contributed by atoms with Crippen LogP contribution in [0.3, 0.4) is 0 Å². The minimum atomic E-state index is -0.831. The van der Waals surface area contributed by atoms with Gasteiger partial charge in [0, 0.05) is 29.3 Å². The summed E-state index contributed by atoms with van der Waals surface area (Å²) < 4.78 is 25.6. The van der Waals surface area contributed by atoms with Gasteiger partial charge in [-0.1, -0.05) is 6.07 Å². The fourth-order valence-electron chi connectivity index (χ4n) is 4.08. The maximum absolute atomic E-state index is 14.7. The number of halogens is 1. The minimum Gasteiger partial charge on any atom is -0.490 e. The molecular formula is C24H22FN3O6. The Kier molecular flexibility index (Phi) is 5.64. The van der Waals surface area contributed by atoms with E-state index in [0.717, 1.165) is 12.8 Å². The van der Waals surface area contributed by atoms with Crippen molar-refractivity contribution >= 4 is 29.5 Å². The molecule has 1 saturated heterocycles. The van der Waals surface area contributed by atoms with E-state index in [1.165, 1.54) is 17.0 Å². The van der Waals surface area contributed by atoms with Crippen molar-refractivity contribution in [2.24, 2.45) is 0 Å². The van der Waals surface area contributed by atoms with Gasteiger partial charge in [-0.05, 0) is 49.1 Å². The highest BCUT2D eigenvalue weighted by atomic mass is 19.1. The van der Waals surface area contributed by atoms with Gasteiger partial charge < -0.3 is 14.4 Å². The highest BCUT2D eigenvalue weighted by molar-refractivity contribution is 6.05. The third-order valence-electron chi connectivity index (χ3n) is 5.94. The molecule has 2 fully saturated rings. The molecule has 2 aromatic carbocycles. The molecule has 1 atom stereocenters. The van der Waals surface area contributed by atoms with E-state index >= 15 is 0 Å². The standard InChI is InChI=1S/C24H22FN3O6/c25-19-9-13(12-33-24(32)26-14-2-1-3-16(10-14)34-15-4-5-15)8-17-18(19)11-28(23(17)31)20-6-7-21(29)27-22(20)30/h1-3,8-10,15,20H,4-7,11-12H2,(H,26,32)(H,27,29,30). The SMILES string of the molecule is O=C1CCC(N2Cc3c(F)cc(COC(=O)Nc4cccc(OC5CC5)c4)cc3C2=O)C(=O)N1. The number of carbonyl (C=O) groups is 4.